The predicted octanol–water partition coefficient (Wildman–Crippen LogP) is 0.673. The maximum atomic E-state index is 9.08. The Bertz CT molecular complexity index is 174. The standard InChI is InChI=1S/C11H24N2OS/c1-8(6-14)9(2)13-11(5-12)10-3-4-15-7-10/h8-11,13-14H,3-7,12H2,1-2H3. The van der Waals surface area contributed by atoms with Crippen LogP contribution in [0.5, 0.6) is 0 Å². The molecule has 1 saturated heterocycles. The second-order valence-electron chi connectivity index (χ2n) is 4.58. The molecule has 4 N–H and O–H groups in total. The van der Waals surface area contributed by atoms with Gasteiger partial charge in [0.25, 0.3) is 0 Å². The summed E-state index contributed by atoms with van der Waals surface area (Å²) in [6.45, 7) is 5.14. The van der Waals surface area contributed by atoms with Crippen LogP contribution in [0.1, 0.15) is 20.3 Å². The van der Waals surface area contributed by atoms with Crippen molar-refractivity contribution in [1.82, 2.24) is 5.32 Å². The van der Waals surface area contributed by atoms with E-state index in [9.17, 15) is 0 Å². The lowest BCUT2D eigenvalue weighted by Crippen LogP contribution is -2.48. The second-order valence-corrected chi connectivity index (χ2v) is 5.73. The van der Waals surface area contributed by atoms with Gasteiger partial charge in [-0.2, -0.15) is 11.8 Å². The molecule has 1 rings (SSSR count). The van der Waals surface area contributed by atoms with Crippen molar-refractivity contribution < 1.29 is 5.11 Å². The van der Waals surface area contributed by atoms with Gasteiger partial charge in [-0.15, -0.1) is 0 Å². The van der Waals surface area contributed by atoms with Gasteiger partial charge < -0.3 is 16.2 Å². The van der Waals surface area contributed by atoms with Crippen LogP contribution in [-0.2, 0) is 0 Å². The normalized spacial score (nSPS) is 27.6. The average molecular weight is 232 g/mol. The first-order chi connectivity index (χ1) is 7.19. The molecule has 1 aliphatic rings. The van der Waals surface area contributed by atoms with Crippen LogP contribution < -0.4 is 11.1 Å². The fourth-order valence-corrected chi connectivity index (χ4v) is 3.26. The Balaban J connectivity index is 2.38. The van der Waals surface area contributed by atoms with Crippen molar-refractivity contribution in [3.05, 3.63) is 0 Å². The summed E-state index contributed by atoms with van der Waals surface area (Å²) >= 11 is 2.02. The molecule has 0 aromatic heterocycles. The van der Waals surface area contributed by atoms with Crippen LogP contribution in [-0.4, -0.2) is 41.8 Å². The van der Waals surface area contributed by atoms with Gasteiger partial charge in [0.05, 0.1) is 0 Å². The van der Waals surface area contributed by atoms with Gasteiger partial charge in [-0.25, -0.2) is 0 Å². The molecule has 0 radical (unpaired) electrons. The smallest absolute Gasteiger partial charge is 0.0471 e. The summed E-state index contributed by atoms with van der Waals surface area (Å²) in [5.41, 5.74) is 5.81. The number of nitrogens with two attached hydrogens (primary N) is 1. The number of thioether (sulfide) groups is 1. The van der Waals surface area contributed by atoms with Crippen LogP contribution in [0.2, 0.25) is 0 Å². The first kappa shape index (κ1) is 13.3. The molecular weight excluding hydrogens is 208 g/mol. The molecule has 0 aliphatic carbocycles. The monoisotopic (exact) mass is 232 g/mol. The molecule has 1 aliphatic heterocycles. The van der Waals surface area contributed by atoms with Crippen LogP contribution in [0.25, 0.3) is 0 Å². The van der Waals surface area contributed by atoms with Gasteiger partial charge >= 0.3 is 0 Å². The van der Waals surface area contributed by atoms with Gasteiger partial charge in [0, 0.05) is 25.2 Å². The van der Waals surface area contributed by atoms with E-state index in [4.69, 9.17) is 10.8 Å². The van der Waals surface area contributed by atoms with E-state index in [0.717, 1.165) is 0 Å². The highest BCUT2D eigenvalue weighted by atomic mass is 32.2. The van der Waals surface area contributed by atoms with E-state index in [0.29, 0.717) is 30.5 Å². The van der Waals surface area contributed by atoms with Crippen LogP contribution in [0.15, 0.2) is 0 Å². The minimum absolute atomic E-state index is 0.241. The van der Waals surface area contributed by atoms with E-state index in [1.54, 1.807) is 0 Å². The average Bonchev–Trinajstić information content (AvgIpc) is 2.77. The third-order valence-corrected chi connectivity index (χ3v) is 4.59. The van der Waals surface area contributed by atoms with Gasteiger partial charge in [-0.1, -0.05) is 6.92 Å². The van der Waals surface area contributed by atoms with Crippen LogP contribution in [0, 0.1) is 11.8 Å². The van der Waals surface area contributed by atoms with Gasteiger partial charge in [-0.3, -0.25) is 0 Å². The summed E-state index contributed by atoms with van der Waals surface area (Å²) in [4.78, 5) is 0. The molecular formula is C11H24N2OS. The second kappa shape index (κ2) is 6.74. The molecule has 4 atom stereocenters. The number of hydrogen-bond acceptors (Lipinski definition) is 4. The van der Waals surface area contributed by atoms with E-state index >= 15 is 0 Å². The highest BCUT2D eigenvalue weighted by Crippen LogP contribution is 2.26. The van der Waals surface area contributed by atoms with Crippen LogP contribution >= 0.6 is 11.8 Å². The molecule has 15 heavy (non-hydrogen) atoms. The van der Waals surface area contributed by atoms with Gasteiger partial charge in [0.15, 0.2) is 0 Å². The van der Waals surface area contributed by atoms with Gasteiger partial charge in [0.2, 0.25) is 0 Å². The lowest BCUT2D eigenvalue weighted by molar-refractivity contribution is 0.194. The molecule has 0 aromatic carbocycles. The molecule has 1 heterocycles. The minimum Gasteiger partial charge on any atom is -0.396 e. The van der Waals surface area contributed by atoms with E-state index < -0.39 is 0 Å². The Morgan fingerprint density at radius 2 is 2.27 bits per heavy atom. The molecule has 90 valence electrons. The number of nitrogens with one attached hydrogen (secondary N) is 1. The van der Waals surface area contributed by atoms with Crippen molar-refractivity contribution in [2.45, 2.75) is 32.4 Å². The van der Waals surface area contributed by atoms with Crippen molar-refractivity contribution in [2.75, 3.05) is 24.7 Å². The van der Waals surface area contributed by atoms with Gasteiger partial charge in [0.1, 0.15) is 0 Å². The Morgan fingerprint density at radius 3 is 2.73 bits per heavy atom. The third-order valence-electron chi connectivity index (χ3n) is 3.41. The zero-order chi connectivity index (χ0) is 11.3. The van der Waals surface area contributed by atoms with Gasteiger partial charge in [-0.05, 0) is 36.7 Å². The Labute approximate surface area is 97.2 Å². The van der Waals surface area contributed by atoms with Crippen molar-refractivity contribution in [1.29, 1.82) is 0 Å². The molecule has 0 amide bonds. The fraction of sp³-hybridized carbons (Fsp3) is 1.00. The molecule has 0 bridgehead atoms. The van der Waals surface area contributed by atoms with Crippen molar-refractivity contribution in [3.63, 3.8) is 0 Å². The first-order valence-corrected chi connectivity index (χ1v) is 6.99. The predicted molar refractivity (Wildman–Crippen MR) is 67.1 cm³/mol. The molecule has 0 spiro atoms. The summed E-state index contributed by atoms with van der Waals surface area (Å²) in [6.07, 6.45) is 1.28. The Hall–Kier alpha value is 0.230. The molecule has 3 nitrogen and oxygen atoms in total. The van der Waals surface area contributed by atoms with E-state index in [-0.39, 0.29) is 6.61 Å². The molecule has 4 heteroatoms. The number of rotatable bonds is 6. The zero-order valence-electron chi connectivity index (χ0n) is 9.78. The van der Waals surface area contributed by atoms with E-state index in [1.165, 1.54) is 17.9 Å². The highest BCUT2D eigenvalue weighted by Gasteiger charge is 2.26. The SMILES string of the molecule is CC(CO)C(C)NC(CN)C1CCSC1. The summed E-state index contributed by atoms with van der Waals surface area (Å²) in [7, 11) is 0. The van der Waals surface area contributed by atoms with E-state index in [2.05, 4.69) is 19.2 Å². The maximum absolute atomic E-state index is 9.08. The van der Waals surface area contributed by atoms with Crippen molar-refractivity contribution in [3.8, 4) is 0 Å². The molecule has 4 unspecified atom stereocenters. The molecule has 1 fully saturated rings. The van der Waals surface area contributed by atoms with Crippen molar-refractivity contribution in [2.24, 2.45) is 17.6 Å². The largest absolute Gasteiger partial charge is 0.396 e. The van der Waals surface area contributed by atoms with Crippen LogP contribution in [0.4, 0.5) is 0 Å². The topological polar surface area (TPSA) is 58.3 Å². The Morgan fingerprint density at radius 1 is 1.53 bits per heavy atom. The maximum Gasteiger partial charge on any atom is 0.0471 e. The fourth-order valence-electron chi connectivity index (χ4n) is 1.93. The van der Waals surface area contributed by atoms with Crippen molar-refractivity contribution >= 4 is 11.8 Å². The third kappa shape index (κ3) is 3.94. The minimum atomic E-state index is 0.241. The summed E-state index contributed by atoms with van der Waals surface area (Å²) in [5.74, 6) is 3.52. The number of aliphatic hydroxyl groups excluding tert-OH is 1. The van der Waals surface area contributed by atoms with E-state index in [1.807, 2.05) is 11.8 Å². The summed E-state index contributed by atoms with van der Waals surface area (Å²) in [5, 5.41) is 12.6. The molecule has 0 saturated carbocycles. The Kier molecular flexibility index (Phi) is 5.97. The summed E-state index contributed by atoms with van der Waals surface area (Å²) in [6, 6.07) is 0.762. The highest BCUT2D eigenvalue weighted by molar-refractivity contribution is 7.99. The number of hydrogen-bond donors (Lipinski definition) is 3. The first-order valence-electron chi connectivity index (χ1n) is 5.83. The molecule has 0 aromatic rings. The zero-order valence-corrected chi connectivity index (χ0v) is 10.6. The summed E-state index contributed by atoms with van der Waals surface area (Å²) < 4.78 is 0. The van der Waals surface area contributed by atoms with Crippen LogP contribution in [0.3, 0.4) is 0 Å². The quantitative estimate of drug-likeness (QED) is 0.630. The number of aliphatic hydroxyl groups is 1. The lowest BCUT2D eigenvalue weighted by Gasteiger charge is -2.29. The lowest BCUT2D eigenvalue weighted by atomic mass is 9.96.